The molecule has 0 saturated carbocycles. The second-order valence-electron chi connectivity index (χ2n) is 8.33. The number of aliphatic hydroxyl groups is 11. The van der Waals surface area contributed by atoms with Crippen LogP contribution < -0.4 is 0 Å². The molecule has 0 aromatic carbocycles. The van der Waals surface area contributed by atoms with Crippen molar-refractivity contribution in [2.24, 2.45) is 0 Å². The van der Waals surface area contributed by atoms with Crippen LogP contribution >= 0.6 is 0 Å². The number of aliphatic hydroxyl groups excluding tert-OH is 11. The molecule has 232 valence electrons. The van der Waals surface area contributed by atoms with Crippen molar-refractivity contribution in [3.05, 3.63) is 0 Å². The van der Waals surface area contributed by atoms with Crippen molar-refractivity contribution in [1.29, 1.82) is 0 Å². The molecule has 15 atom stereocenters. The second-order valence-corrected chi connectivity index (χ2v) is 8.33. The van der Waals surface area contributed by atoms with Gasteiger partial charge in [-0.3, -0.25) is 0 Å². The van der Waals surface area contributed by atoms with E-state index < -0.39 is 112 Å². The van der Waals surface area contributed by atoms with Gasteiger partial charge in [0.05, 0.1) is 19.8 Å². The summed E-state index contributed by atoms with van der Waals surface area (Å²) in [5, 5.41) is 109. The van der Waals surface area contributed by atoms with Gasteiger partial charge in [-0.2, -0.15) is 0 Å². The van der Waals surface area contributed by atoms with Crippen LogP contribution in [0.15, 0.2) is 0 Å². The topological polar surface area (TPSA) is 363 Å². The maximum Gasteiger partial charge on any atom is 0.187 e. The molecule has 0 spiro atoms. The molecule has 3 aliphatic rings. The average Bonchev–Trinajstić information content (AvgIpc) is 2.83. The van der Waals surface area contributed by atoms with Crippen LogP contribution in [0.2, 0.25) is 0 Å². The first-order valence-corrected chi connectivity index (χ1v) is 10.6. The molecular formula is C18H38FeO19. The fraction of sp³-hybridized carbons (Fsp3) is 1.00. The zero-order valence-corrected chi connectivity index (χ0v) is 20.7. The van der Waals surface area contributed by atoms with Crippen molar-refractivity contribution in [3.8, 4) is 0 Å². The summed E-state index contributed by atoms with van der Waals surface area (Å²) >= 11 is 0. The molecule has 38 heavy (non-hydrogen) atoms. The van der Waals surface area contributed by atoms with Crippen molar-refractivity contribution in [1.82, 2.24) is 0 Å². The molecule has 3 heterocycles. The molecule has 0 aromatic rings. The molecule has 2 unspecified atom stereocenters. The molecule has 3 aliphatic heterocycles. The Morgan fingerprint density at radius 1 is 0.447 bits per heavy atom. The quantitative estimate of drug-likeness (QED) is 0.119. The van der Waals surface area contributed by atoms with Gasteiger partial charge < -0.3 is 96.3 Å². The van der Waals surface area contributed by atoms with Crippen LogP contribution in [0, 0.1) is 0 Å². The van der Waals surface area contributed by atoms with Gasteiger partial charge in [0.25, 0.3) is 0 Å². The van der Waals surface area contributed by atoms with Crippen LogP contribution in [0.4, 0.5) is 0 Å². The monoisotopic (exact) mass is 614 g/mol. The molecule has 3 saturated heterocycles. The zero-order chi connectivity index (χ0) is 25.3. The molecule has 0 bridgehead atoms. The fourth-order valence-electron chi connectivity index (χ4n) is 4.06. The van der Waals surface area contributed by atoms with Crippen LogP contribution in [0.1, 0.15) is 0 Å². The van der Waals surface area contributed by atoms with Gasteiger partial charge in [-0.15, -0.1) is 0 Å². The average molecular weight is 614 g/mol. The third-order valence-corrected chi connectivity index (χ3v) is 6.09. The molecule has 17 N–H and O–H groups in total. The molecule has 19 nitrogen and oxygen atoms in total. The summed E-state index contributed by atoms with van der Waals surface area (Å²) in [7, 11) is 0. The SMILES string of the molecule is O.O.O.OC[C@H]1OC(O[C@H]2[C@H](O)[C@@H](O)C(O[C@H]3[C@H](O)[C@@H](O)[C@@H](O)O[C@@H]3CO)O[C@@H]2CO)[C@H](O)[C@@H](O)[C@@H]1O.[Fe]. The molecular weight excluding hydrogens is 576 g/mol. The molecule has 0 aromatic heterocycles. The van der Waals surface area contributed by atoms with E-state index in [0.717, 1.165) is 0 Å². The van der Waals surface area contributed by atoms with Gasteiger partial charge in [0.15, 0.2) is 18.9 Å². The first-order chi connectivity index (χ1) is 16.0. The van der Waals surface area contributed by atoms with Crippen LogP contribution in [-0.2, 0) is 40.8 Å². The number of rotatable bonds is 7. The minimum atomic E-state index is -1.91. The van der Waals surface area contributed by atoms with Crippen LogP contribution in [0.5, 0.6) is 0 Å². The van der Waals surface area contributed by atoms with Crippen LogP contribution in [0.3, 0.4) is 0 Å². The Morgan fingerprint density at radius 2 is 0.816 bits per heavy atom. The van der Waals surface area contributed by atoms with E-state index in [1.54, 1.807) is 0 Å². The maximum atomic E-state index is 10.6. The summed E-state index contributed by atoms with van der Waals surface area (Å²) in [6, 6.07) is 0. The largest absolute Gasteiger partial charge is 0.412 e. The van der Waals surface area contributed by atoms with E-state index in [0.29, 0.717) is 0 Å². The first-order valence-electron chi connectivity index (χ1n) is 10.6. The normalized spacial score (nSPS) is 47.0. The summed E-state index contributed by atoms with van der Waals surface area (Å²) in [6.45, 7) is -2.32. The van der Waals surface area contributed by atoms with Crippen molar-refractivity contribution in [3.63, 3.8) is 0 Å². The number of hydrogen-bond donors (Lipinski definition) is 11. The standard InChI is InChI=1S/C18H32O16.Fe.3H2O/c19-1-4-7(22)8(23)12(27)17(31-4)34-15-6(3-21)32-18(13(28)10(15)25)33-14-5(2-20)30-16(29)11(26)9(14)24;;;;/h4-29H,1-3H2;;3*1H2/t4-,5-,6-,7-,8+,9-,10-,11-,12-,13-,14-,15-,16+,17?,18?;;;;/m1..../s1. The van der Waals surface area contributed by atoms with Crippen molar-refractivity contribution in [2.45, 2.75) is 92.1 Å². The summed E-state index contributed by atoms with van der Waals surface area (Å²) in [5.74, 6) is 0. The van der Waals surface area contributed by atoms with Gasteiger partial charge in [0.2, 0.25) is 0 Å². The number of ether oxygens (including phenoxy) is 5. The smallest absolute Gasteiger partial charge is 0.187 e. The molecule has 0 radical (unpaired) electrons. The zero-order valence-electron chi connectivity index (χ0n) is 19.6. The minimum Gasteiger partial charge on any atom is -0.412 e. The van der Waals surface area contributed by atoms with Crippen molar-refractivity contribution >= 4 is 0 Å². The van der Waals surface area contributed by atoms with E-state index in [2.05, 4.69) is 0 Å². The van der Waals surface area contributed by atoms with E-state index >= 15 is 0 Å². The molecule has 0 amide bonds. The Bertz CT molecular complexity index is 645. The molecule has 3 rings (SSSR count). The minimum absolute atomic E-state index is 0. The molecule has 20 heteroatoms. The van der Waals surface area contributed by atoms with Crippen LogP contribution in [-0.4, -0.2) is 185 Å². The molecule has 3 fully saturated rings. The van der Waals surface area contributed by atoms with Gasteiger partial charge in [-0.1, -0.05) is 0 Å². The van der Waals surface area contributed by atoms with E-state index in [9.17, 15) is 56.2 Å². The van der Waals surface area contributed by atoms with Crippen molar-refractivity contribution in [2.75, 3.05) is 19.8 Å². The summed E-state index contributed by atoms with van der Waals surface area (Å²) in [6.07, 6.45) is -25.1. The van der Waals surface area contributed by atoms with Gasteiger partial charge in [-0.25, -0.2) is 0 Å². The third kappa shape index (κ3) is 7.94. The summed E-state index contributed by atoms with van der Waals surface area (Å²) < 4.78 is 26.4. The summed E-state index contributed by atoms with van der Waals surface area (Å²) in [4.78, 5) is 0. The third-order valence-electron chi connectivity index (χ3n) is 6.09. The van der Waals surface area contributed by atoms with Crippen molar-refractivity contribution < 1.29 is 113 Å². The van der Waals surface area contributed by atoms with Gasteiger partial charge in [-0.05, 0) is 0 Å². The van der Waals surface area contributed by atoms with Gasteiger partial charge in [0.1, 0.15) is 73.2 Å². The molecule has 0 aliphatic carbocycles. The predicted molar refractivity (Wildman–Crippen MR) is 112 cm³/mol. The Balaban J connectivity index is 0. The van der Waals surface area contributed by atoms with E-state index in [-0.39, 0.29) is 33.5 Å². The van der Waals surface area contributed by atoms with Crippen LogP contribution in [0.25, 0.3) is 0 Å². The fourth-order valence-corrected chi connectivity index (χ4v) is 4.06. The second kappa shape index (κ2) is 16.9. The number of hydrogen-bond acceptors (Lipinski definition) is 16. The van der Waals surface area contributed by atoms with Gasteiger partial charge in [0, 0.05) is 17.1 Å². The Morgan fingerprint density at radius 3 is 1.26 bits per heavy atom. The Hall–Kier alpha value is -0.241. The Kier molecular flexibility index (Phi) is 17.7. The van der Waals surface area contributed by atoms with E-state index in [4.69, 9.17) is 23.7 Å². The summed E-state index contributed by atoms with van der Waals surface area (Å²) in [5.41, 5.74) is 0. The first kappa shape index (κ1) is 39.9. The Labute approximate surface area is 225 Å². The van der Waals surface area contributed by atoms with Gasteiger partial charge >= 0.3 is 0 Å². The van der Waals surface area contributed by atoms with E-state index in [1.165, 1.54) is 0 Å². The maximum absolute atomic E-state index is 10.6. The predicted octanol–water partition coefficient (Wildman–Crippen LogP) is -10.0. The van der Waals surface area contributed by atoms with E-state index in [1.807, 2.05) is 0 Å².